The fourth-order valence-corrected chi connectivity index (χ4v) is 2.35. The van der Waals surface area contributed by atoms with E-state index in [1.54, 1.807) is 18.9 Å². The third kappa shape index (κ3) is 3.06. The lowest BCUT2D eigenvalue weighted by atomic mass is 9.83. The van der Waals surface area contributed by atoms with Crippen LogP contribution in [0.4, 0.5) is 0 Å². The van der Waals surface area contributed by atoms with Crippen LogP contribution in [-0.2, 0) is 9.59 Å². The summed E-state index contributed by atoms with van der Waals surface area (Å²) in [6, 6.07) is 0. The highest BCUT2D eigenvalue weighted by Crippen LogP contribution is 2.28. The van der Waals surface area contributed by atoms with Crippen molar-refractivity contribution in [1.82, 2.24) is 4.90 Å². The molecule has 0 saturated heterocycles. The summed E-state index contributed by atoms with van der Waals surface area (Å²) in [4.78, 5) is 25.4. The Morgan fingerprint density at radius 1 is 1.06 bits per heavy atom. The van der Waals surface area contributed by atoms with Crippen LogP contribution in [0.5, 0.6) is 0 Å². The first-order chi connectivity index (χ1) is 7.46. The SMILES string of the molecule is CCCC(CCC)(C(C)=O)N(C)C(=O)CC. The number of carbonyl (C=O) groups excluding carboxylic acids is 2. The van der Waals surface area contributed by atoms with Crippen LogP contribution in [0.25, 0.3) is 0 Å². The predicted octanol–water partition coefficient (Wildman–Crippen LogP) is 2.78. The van der Waals surface area contributed by atoms with E-state index in [4.69, 9.17) is 0 Å². The lowest BCUT2D eigenvalue weighted by Crippen LogP contribution is -2.54. The molecule has 1 amide bonds. The van der Waals surface area contributed by atoms with Crippen LogP contribution < -0.4 is 0 Å². The van der Waals surface area contributed by atoms with Gasteiger partial charge in [-0.2, -0.15) is 0 Å². The zero-order valence-electron chi connectivity index (χ0n) is 11.3. The molecule has 0 aliphatic carbocycles. The van der Waals surface area contributed by atoms with Crippen molar-refractivity contribution in [2.75, 3.05) is 7.05 Å². The number of amides is 1. The Bertz CT molecular complexity index is 242. The molecule has 0 aliphatic rings. The van der Waals surface area contributed by atoms with Crippen molar-refractivity contribution in [3.05, 3.63) is 0 Å². The second-order valence-electron chi connectivity index (χ2n) is 4.39. The molecule has 0 aliphatic heterocycles. The summed E-state index contributed by atoms with van der Waals surface area (Å²) < 4.78 is 0. The number of Topliss-reactive ketones (excluding diaryl/α,β-unsaturated/α-hetero) is 1. The van der Waals surface area contributed by atoms with E-state index in [1.165, 1.54) is 0 Å². The third-order valence-electron chi connectivity index (χ3n) is 3.30. The lowest BCUT2D eigenvalue weighted by molar-refractivity contribution is -0.144. The van der Waals surface area contributed by atoms with Crippen LogP contribution in [0.2, 0.25) is 0 Å². The predicted molar refractivity (Wildman–Crippen MR) is 66.3 cm³/mol. The molecular formula is C13H25NO2. The maximum absolute atomic E-state index is 11.9. The van der Waals surface area contributed by atoms with Crippen LogP contribution in [0, 0.1) is 0 Å². The highest BCUT2D eigenvalue weighted by molar-refractivity contribution is 5.91. The number of hydrogen-bond acceptors (Lipinski definition) is 2. The zero-order chi connectivity index (χ0) is 12.8. The summed E-state index contributed by atoms with van der Waals surface area (Å²) in [5.41, 5.74) is -0.573. The molecular weight excluding hydrogens is 202 g/mol. The first-order valence-corrected chi connectivity index (χ1v) is 6.23. The van der Waals surface area contributed by atoms with Crippen molar-refractivity contribution in [3.8, 4) is 0 Å². The summed E-state index contributed by atoms with van der Waals surface area (Å²) in [6.45, 7) is 7.54. The minimum Gasteiger partial charge on any atom is -0.333 e. The van der Waals surface area contributed by atoms with E-state index in [0.29, 0.717) is 6.42 Å². The monoisotopic (exact) mass is 227 g/mol. The Balaban J connectivity index is 5.14. The Morgan fingerprint density at radius 2 is 1.50 bits per heavy atom. The van der Waals surface area contributed by atoms with Gasteiger partial charge in [-0.3, -0.25) is 9.59 Å². The fraction of sp³-hybridized carbons (Fsp3) is 0.846. The molecule has 0 spiro atoms. The molecule has 0 aromatic carbocycles. The van der Waals surface area contributed by atoms with Gasteiger partial charge in [0.15, 0.2) is 5.78 Å². The lowest BCUT2D eigenvalue weighted by Gasteiger charge is -2.40. The van der Waals surface area contributed by atoms with E-state index in [2.05, 4.69) is 13.8 Å². The molecule has 0 aromatic heterocycles. The average Bonchev–Trinajstić information content (AvgIpc) is 2.26. The highest BCUT2D eigenvalue weighted by atomic mass is 16.2. The minimum atomic E-state index is -0.573. The molecule has 0 atom stereocenters. The van der Waals surface area contributed by atoms with Crippen LogP contribution in [0.3, 0.4) is 0 Å². The zero-order valence-corrected chi connectivity index (χ0v) is 11.3. The normalized spacial score (nSPS) is 11.3. The largest absolute Gasteiger partial charge is 0.333 e. The first kappa shape index (κ1) is 15.1. The number of likely N-dealkylation sites (N-methyl/N-ethyl adjacent to an activating group) is 1. The fourth-order valence-electron chi connectivity index (χ4n) is 2.35. The van der Waals surface area contributed by atoms with E-state index >= 15 is 0 Å². The van der Waals surface area contributed by atoms with Crippen LogP contribution >= 0.6 is 0 Å². The number of carbonyl (C=O) groups is 2. The van der Waals surface area contributed by atoms with Crippen LogP contribution in [0.15, 0.2) is 0 Å². The van der Waals surface area contributed by atoms with Crippen molar-refractivity contribution < 1.29 is 9.59 Å². The van der Waals surface area contributed by atoms with Crippen LogP contribution in [0.1, 0.15) is 59.8 Å². The number of rotatable bonds is 7. The average molecular weight is 227 g/mol. The van der Waals surface area contributed by atoms with Gasteiger partial charge in [-0.1, -0.05) is 33.6 Å². The van der Waals surface area contributed by atoms with Crippen molar-refractivity contribution in [1.29, 1.82) is 0 Å². The molecule has 0 bridgehead atoms. The molecule has 0 unspecified atom stereocenters. The van der Waals surface area contributed by atoms with Gasteiger partial charge in [0.2, 0.25) is 5.91 Å². The maximum Gasteiger partial charge on any atom is 0.222 e. The van der Waals surface area contributed by atoms with Gasteiger partial charge < -0.3 is 4.90 Å². The second-order valence-corrected chi connectivity index (χ2v) is 4.39. The molecule has 3 nitrogen and oxygen atoms in total. The van der Waals surface area contributed by atoms with Gasteiger partial charge in [0, 0.05) is 13.5 Å². The van der Waals surface area contributed by atoms with Gasteiger partial charge in [0.25, 0.3) is 0 Å². The van der Waals surface area contributed by atoms with E-state index in [1.807, 2.05) is 6.92 Å². The Labute approximate surface area is 99.2 Å². The maximum atomic E-state index is 11.9. The molecule has 0 saturated carbocycles. The van der Waals surface area contributed by atoms with Crippen molar-refractivity contribution in [3.63, 3.8) is 0 Å². The van der Waals surface area contributed by atoms with E-state index in [9.17, 15) is 9.59 Å². The van der Waals surface area contributed by atoms with E-state index in [0.717, 1.165) is 25.7 Å². The Kier molecular flexibility index (Phi) is 6.31. The molecule has 0 fully saturated rings. The molecule has 0 rings (SSSR count). The van der Waals surface area contributed by atoms with Crippen molar-refractivity contribution >= 4 is 11.7 Å². The molecule has 0 radical (unpaired) electrons. The first-order valence-electron chi connectivity index (χ1n) is 6.23. The van der Waals surface area contributed by atoms with Crippen molar-refractivity contribution in [2.24, 2.45) is 0 Å². The molecule has 0 heterocycles. The third-order valence-corrected chi connectivity index (χ3v) is 3.30. The molecule has 3 heteroatoms. The molecule has 0 aromatic rings. The molecule has 16 heavy (non-hydrogen) atoms. The van der Waals surface area contributed by atoms with E-state index < -0.39 is 5.54 Å². The Hall–Kier alpha value is -0.860. The summed E-state index contributed by atoms with van der Waals surface area (Å²) >= 11 is 0. The minimum absolute atomic E-state index is 0.0529. The smallest absolute Gasteiger partial charge is 0.222 e. The summed E-state index contributed by atoms with van der Waals surface area (Å²) in [5.74, 6) is 0.164. The second kappa shape index (κ2) is 6.66. The summed E-state index contributed by atoms with van der Waals surface area (Å²) in [6.07, 6.45) is 3.82. The number of nitrogens with zero attached hydrogens (tertiary/aromatic N) is 1. The van der Waals surface area contributed by atoms with Gasteiger partial charge in [0.05, 0.1) is 0 Å². The van der Waals surface area contributed by atoms with E-state index in [-0.39, 0.29) is 11.7 Å². The number of ketones is 1. The van der Waals surface area contributed by atoms with Gasteiger partial charge in [0.1, 0.15) is 5.54 Å². The molecule has 94 valence electrons. The number of hydrogen-bond donors (Lipinski definition) is 0. The van der Waals surface area contributed by atoms with Crippen molar-refractivity contribution in [2.45, 2.75) is 65.3 Å². The van der Waals surface area contributed by atoms with Gasteiger partial charge in [-0.05, 0) is 19.8 Å². The summed E-state index contributed by atoms with van der Waals surface area (Å²) in [5, 5.41) is 0. The molecule has 0 N–H and O–H groups in total. The van der Waals surface area contributed by atoms with Gasteiger partial charge >= 0.3 is 0 Å². The quantitative estimate of drug-likeness (QED) is 0.670. The topological polar surface area (TPSA) is 37.4 Å². The van der Waals surface area contributed by atoms with Crippen LogP contribution in [-0.4, -0.2) is 29.2 Å². The standard InChI is InChI=1S/C13H25NO2/c1-6-9-13(10-7-2,11(4)15)14(5)12(16)8-3/h6-10H2,1-5H3. The summed E-state index contributed by atoms with van der Waals surface area (Å²) in [7, 11) is 1.76. The van der Waals surface area contributed by atoms with Gasteiger partial charge in [-0.15, -0.1) is 0 Å². The van der Waals surface area contributed by atoms with Gasteiger partial charge in [-0.25, -0.2) is 0 Å². The highest BCUT2D eigenvalue weighted by Gasteiger charge is 2.39. The Morgan fingerprint density at radius 3 is 1.75 bits per heavy atom.